The molecule has 0 spiro atoms. The summed E-state index contributed by atoms with van der Waals surface area (Å²) >= 11 is 5.94. The minimum atomic E-state index is -3.94. The molecule has 0 aromatic heterocycles. The van der Waals surface area contributed by atoms with Gasteiger partial charge in [0.25, 0.3) is 0 Å². The van der Waals surface area contributed by atoms with Crippen LogP contribution in [-0.4, -0.2) is 51.7 Å². The third-order valence-electron chi connectivity index (χ3n) is 3.45. The number of rotatable bonds is 4. The topological polar surface area (TPSA) is 91.8 Å². The van der Waals surface area contributed by atoms with Crippen LogP contribution >= 0.6 is 11.6 Å². The van der Waals surface area contributed by atoms with Crippen molar-refractivity contribution in [3.8, 4) is 0 Å². The van der Waals surface area contributed by atoms with Gasteiger partial charge in [-0.15, -0.1) is 0 Å². The molecule has 1 N–H and O–H groups in total. The Balaban J connectivity index is 2.54. The van der Waals surface area contributed by atoms with Crippen molar-refractivity contribution < 1.29 is 21.9 Å². The average Bonchev–Trinajstić information content (AvgIpc) is 2.86. The number of benzene rings is 1. The van der Waals surface area contributed by atoms with Gasteiger partial charge in [0.05, 0.1) is 16.5 Å². The lowest BCUT2D eigenvalue weighted by atomic mass is 10.2. The molecule has 0 radical (unpaired) electrons. The molecule has 1 saturated heterocycles. The average molecular weight is 354 g/mol. The molecule has 1 aromatic carbocycles. The Morgan fingerprint density at radius 3 is 2.57 bits per heavy atom. The highest BCUT2D eigenvalue weighted by atomic mass is 35.5. The van der Waals surface area contributed by atoms with Gasteiger partial charge in [-0.05, 0) is 31.0 Å². The Morgan fingerprint density at radius 2 is 2.00 bits per heavy atom. The lowest BCUT2D eigenvalue weighted by Crippen LogP contribution is -2.37. The molecule has 0 unspecified atom stereocenters. The number of sulfone groups is 1. The molecule has 21 heavy (non-hydrogen) atoms. The molecule has 1 atom stereocenters. The summed E-state index contributed by atoms with van der Waals surface area (Å²) in [4.78, 5) is -0.349. The van der Waals surface area contributed by atoms with Crippen LogP contribution in [0.25, 0.3) is 0 Å². The van der Waals surface area contributed by atoms with E-state index in [0.29, 0.717) is 12.8 Å². The summed E-state index contributed by atoms with van der Waals surface area (Å²) in [6, 6.07) is 3.10. The zero-order valence-electron chi connectivity index (χ0n) is 11.4. The van der Waals surface area contributed by atoms with Crippen molar-refractivity contribution in [3.63, 3.8) is 0 Å². The number of aliphatic hydroxyl groups is 1. The van der Waals surface area contributed by atoms with E-state index in [0.717, 1.165) is 12.3 Å². The highest BCUT2D eigenvalue weighted by Crippen LogP contribution is 2.31. The van der Waals surface area contributed by atoms with E-state index in [4.69, 9.17) is 11.6 Å². The normalized spacial score (nSPS) is 20.8. The van der Waals surface area contributed by atoms with Crippen molar-refractivity contribution in [3.05, 3.63) is 23.2 Å². The molecule has 1 aliphatic heterocycles. The third kappa shape index (κ3) is 3.24. The van der Waals surface area contributed by atoms with Crippen molar-refractivity contribution in [1.29, 1.82) is 0 Å². The Kier molecular flexibility index (Phi) is 4.65. The second-order valence-corrected chi connectivity index (χ2v) is 9.24. The first kappa shape index (κ1) is 16.7. The fourth-order valence-corrected chi connectivity index (χ4v) is 5.26. The van der Waals surface area contributed by atoms with E-state index in [1.54, 1.807) is 0 Å². The predicted octanol–water partition coefficient (Wildman–Crippen LogP) is 0.889. The van der Waals surface area contributed by atoms with Gasteiger partial charge in [-0.1, -0.05) is 11.6 Å². The zero-order valence-corrected chi connectivity index (χ0v) is 13.7. The maximum atomic E-state index is 12.6. The Labute approximate surface area is 129 Å². The quantitative estimate of drug-likeness (QED) is 0.867. The van der Waals surface area contributed by atoms with Gasteiger partial charge in [0.2, 0.25) is 10.0 Å². The molecule has 1 aromatic rings. The van der Waals surface area contributed by atoms with Gasteiger partial charge in [0.15, 0.2) is 9.84 Å². The van der Waals surface area contributed by atoms with Crippen molar-refractivity contribution in [2.75, 3.05) is 19.4 Å². The van der Waals surface area contributed by atoms with Gasteiger partial charge in [-0.25, -0.2) is 16.8 Å². The van der Waals surface area contributed by atoms with Gasteiger partial charge >= 0.3 is 0 Å². The van der Waals surface area contributed by atoms with Gasteiger partial charge < -0.3 is 5.11 Å². The number of sulfonamides is 1. The van der Waals surface area contributed by atoms with Gasteiger partial charge in [0, 0.05) is 18.8 Å². The second kappa shape index (κ2) is 5.85. The van der Waals surface area contributed by atoms with Crippen LogP contribution in [0, 0.1) is 0 Å². The minimum absolute atomic E-state index is 0.0361. The number of nitrogens with zero attached hydrogens (tertiary/aromatic N) is 1. The smallest absolute Gasteiger partial charge is 0.244 e. The van der Waals surface area contributed by atoms with Crippen LogP contribution in [0.5, 0.6) is 0 Å². The van der Waals surface area contributed by atoms with Crippen molar-refractivity contribution >= 4 is 31.5 Å². The minimum Gasteiger partial charge on any atom is -0.395 e. The first-order valence-electron chi connectivity index (χ1n) is 6.30. The first-order chi connectivity index (χ1) is 9.67. The van der Waals surface area contributed by atoms with Crippen LogP contribution in [0.1, 0.15) is 12.8 Å². The predicted molar refractivity (Wildman–Crippen MR) is 78.6 cm³/mol. The van der Waals surface area contributed by atoms with Crippen LogP contribution in [-0.2, 0) is 19.9 Å². The third-order valence-corrected chi connectivity index (χ3v) is 6.99. The number of hydrogen-bond acceptors (Lipinski definition) is 5. The Morgan fingerprint density at radius 1 is 1.33 bits per heavy atom. The van der Waals surface area contributed by atoms with Gasteiger partial charge in [-0.3, -0.25) is 0 Å². The molecule has 0 bridgehead atoms. The van der Waals surface area contributed by atoms with Crippen LogP contribution in [0.2, 0.25) is 5.02 Å². The lowest BCUT2D eigenvalue weighted by Gasteiger charge is -2.23. The van der Waals surface area contributed by atoms with Crippen LogP contribution in [0.4, 0.5) is 0 Å². The van der Waals surface area contributed by atoms with Gasteiger partial charge in [-0.2, -0.15) is 4.31 Å². The largest absolute Gasteiger partial charge is 0.395 e. The number of aliphatic hydroxyl groups excluding tert-OH is 1. The summed E-state index contributed by atoms with van der Waals surface area (Å²) < 4.78 is 49.6. The van der Waals surface area contributed by atoms with Crippen LogP contribution < -0.4 is 0 Å². The Hall–Kier alpha value is -0.670. The molecule has 0 aliphatic carbocycles. The number of halogens is 1. The summed E-state index contributed by atoms with van der Waals surface area (Å²) in [7, 11) is -7.47. The standard InChI is InChI=1S/C12H16ClNO5S2/c1-20(16,17)10-4-5-11(13)12(7-10)21(18,19)14-6-2-3-9(14)8-15/h4-5,7,9,15H,2-3,6,8H2,1H3/t9-/m0/s1. The van der Waals surface area contributed by atoms with Crippen molar-refractivity contribution in [2.45, 2.75) is 28.7 Å². The van der Waals surface area contributed by atoms with Crippen LogP contribution in [0.3, 0.4) is 0 Å². The SMILES string of the molecule is CS(=O)(=O)c1ccc(Cl)c(S(=O)(=O)N2CCC[C@H]2CO)c1. The fraction of sp³-hybridized carbons (Fsp3) is 0.500. The maximum Gasteiger partial charge on any atom is 0.244 e. The van der Waals surface area contributed by atoms with E-state index < -0.39 is 25.9 Å². The lowest BCUT2D eigenvalue weighted by molar-refractivity contribution is 0.213. The zero-order chi connectivity index (χ0) is 15.8. The molecule has 9 heteroatoms. The highest BCUT2D eigenvalue weighted by Gasteiger charge is 2.36. The molecule has 6 nitrogen and oxygen atoms in total. The van der Waals surface area contributed by atoms with E-state index in [9.17, 15) is 21.9 Å². The summed E-state index contributed by atoms with van der Waals surface area (Å²) in [5.41, 5.74) is 0. The fourth-order valence-electron chi connectivity index (χ4n) is 2.35. The Bertz CT molecular complexity index is 745. The molecule has 1 fully saturated rings. The first-order valence-corrected chi connectivity index (χ1v) is 10.0. The van der Waals surface area contributed by atoms with Crippen molar-refractivity contribution in [2.24, 2.45) is 0 Å². The highest BCUT2D eigenvalue weighted by molar-refractivity contribution is 7.91. The van der Waals surface area contributed by atoms with E-state index in [1.165, 1.54) is 16.4 Å². The molecule has 0 amide bonds. The molecule has 1 heterocycles. The van der Waals surface area contributed by atoms with Crippen LogP contribution in [0.15, 0.2) is 28.0 Å². The molecule has 1 aliphatic rings. The molecular formula is C12H16ClNO5S2. The molecule has 118 valence electrons. The number of hydrogen-bond donors (Lipinski definition) is 1. The van der Waals surface area contributed by atoms with E-state index in [2.05, 4.69) is 0 Å². The summed E-state index contributed by atoms with van der Waals surface area (Å²) in [5, 5.41) is 9.23. The van der Waals surface area contributed by atoms with E-state index >= 15 is 0 Å². The van der Waals surface area contributed by atoms with Crippen molar-refractivity contribution in [1.82, 2.24) is 4.31 Å². The summed E-state index contributed by atoms with van der Waals surface area (Å²) in [6.07, 6.45) is 2.21. The molecule has 0 saturated carbocycles. The second-order valence-electron chi connectivity index (χ2n) is 4.96. The molecule has 2 rings (SSSR count). The molecular weight excluding hydrogens is 338 g/mol. The monoisotopic (exact) mass is 353 g/mol. The van der Waals surface area contributed by atoms with Gasteiger partial charge in [0.1, 0.15) is 4.90 Å². The maximum absolute atomic E-state index is 12.6. The summed E-state index contributed by atoms with van der Waals surface area (Å²) in [5.74, 6) is 0. The van der Waals surface area contributed by atoms with E-state index in [-0.39, 0.29) is 28.0 Å². The van der Waals surface area contributed by atoms with E-state index in [1.807, 2.05) is 0 Å². The summed E-state index contributed by atoms with van der Waals surface area (Å²) in [6.45, 7) is 0.00953.